The van der Waals surface area contributed by atoms with Crippen LogP contribution in [0.15, 0.2) is 18.2 Å². The van der Waals surface area contributed by atoms with Crippen molar-refractivity contribution in [2.75, 3.05) is 7.11 Å². The van der Waals surface area contributed by atoms with Gasteiger partial charge < -0.3 is 4.74 Å². The highest BCUT2D eigenvalue weighted by atomic mass is 16.6. The molecule has 0 atom stereocenters. The lowest BCUT2D eigenvalue weighted by Crippen LogP contribution is -1.99. The summed E-state index contributed by atoms with van der Waals surface area (Å²) < 4.78 is 4.88. The molecule has 0 saturated carbocycles. The first-order valence-electron chi connectivity index (χ1n) is 3.89. The number of benzene rings is 1. The first kappa shape index (κ1) is 9.67. The van der Waals surface area contributed by atoms with Gasteiger partial charge in [0.05, 0.1) is 17.1 Å². The maximum absolute atomic E-state index is 10.7. The van der Waals surface area contributed by atoms with E-state index in [1.54, 1.807) is 12.1 Å². The minimum Gasteiger partial charge on any atom is -0.380 e. The van der Waals surface area contributed by atoms with Crippen LogP contribution in [0.3, 0.4) is 0 Å². The fourth-order valence-corrected chi connectivity index (χ4v) is 1.13. The Labute approximate surface area is 76.3 Å². The molecule has 0 radical (unpaired) electrons. The molecule has 0 saturated heterocycles. The standard InChI is InChI=1S/C9H12NO3/c1-7-3-4-8(6-13-2)9(5-7)10(11)12/h3-5H,6H2,1-2H3,(H,11,12)/q+1. The van der Waals surface area contributed by atoms with E-state index in [0.717, 1.165) is 5.56 Å². The molecule has 70 valence electrons. The molecule has 0 bridgehead atoms. The molecule has 1 aromatic carbocycles. The predicted molar refractivity (Wildman–Crippen MR) is 47.0 cm³/mol. The summed E-state index contributed by atoms with van der Waals surface area (Å²) >= 11 is 0. The molecule has 0 unspecified atom stereocenters. The van der Waals surface area contributed by atoms with Crippen LogP contribution in [0.25, 0.3) is 0 Å². The van der Waals surface area contributed by atoms with Crippen molar-refractivity contribution in [3.8, 4) is 0 Å². The van der Waals surface area contributed by atoms with Gasteiger partial charge in [0.2, 0.25) is 0 Å². The molecule has 0 aromatic heterocycles. The first-order chi connectivity index (χ1) is 6.15. The van der Waals surface area contributed by atoms with E-state index in [1.807, 2.05) is 13.0 Å². The fraction of sp³-hybridized carbons (Fsp3) is 0.333. The van der Waals surface area contributed by atoms with Gasteiger partial charge in [-0.1, -0.05) is 6.07 Å². The quantitative estimate of drug-likeness (QED) is 0.727. The van der Waals surface area contributed by atoms with Crippen LogP contribution >= 0.6 is 0 Å². The largest absolute Gasteiger partial charge is 0.380 e. The number of hydrogen-bond acceptors (Lipinski definition) is 2. The van der Waals surface area contributed by atoms with Gasteiger partial charge in [-0.3, -0.25) is 0 Å². The van der Waals surface area contributed by atoms with Gasteiger partial charge in [0.15, 0.2) is 0 Å². The second-order valence-corrected chi connectivity index (χ2v) is 2.84. The maximum Gasteiger partial charge on any atom is 0.322 e. The van der Waals surface area contributed by atoms with Gasteiger partial charge in [-0.2, -0.15) is 0 Å². The molecule has 4 nitrogen and oxygen atoms in total. The highest BCUT2D eigenvalue weighted by molar-refractivity contribution is 5.42. The number of ether oxygens (including phenoxy) is 1. The van der Waals surface area contributed by atoms with E-state index >= 15 is 0 Å². The Morgan fingerprint density at radius 2 is 2.23 bits per heavy atom. The Kier molecular flexibility index (Phi) is 2.97. The third-order valence-corrected chi connectivity index (χ3v) is 1.75. The molecule has 0 aliphatic carbocycles. The molecule has 0 fully saturated rings. The monoisotopic (exact) mass is 182 g/mol. The minimum absolute atomic E-state index is 0.138. The van der Waals surface area contributed by atoms with Crippen LogP contribution in [0.4, 0.5) is 5.69 Å². The lowest BCUT2D eigenvalue weighted by Gasteiger charge is -1.99. The van der Waals surface area contributed by atoms with Crippen LogP contribution in [-0.4, -0.2) is 17.2 Å². The minimum atomic E-state index is -0.138. The van der Waals surface area contributed by atoms with Gasteiger partial charge in [0.25, 0.3) is 4.92 Å². The summed E-state index contributed by atoms with van der Waals surface area (Å²) in [7, 11) is 1.54. The zero-order chi connectivity index (χ0) is 9.84. The number of rotatable bonds is 3. The van der Waals surface area contributed by atoms with Crippen molar-refractivity contribution in [3.63, 3.8) is 0 Å². The highest BCUT2D eigenvalue weighted by Gasteiger charge is 2.17. The van der Waals surface area contributed by atoms with Crippen LogP contribution in [0.5, 0.6) is 0 Å². The number of methoxy groups -OCH3 is 1. The summed E-state index contributed by atoms with van der Waals surface area (Å²) in [5, 5.41) is 8.78. The molecule has 0 spiro atoms. The van der Waals surface area contributed by atoms with Crippen LogP contribution in [0, 0.1) is 11.8 Å². The van der Waals surface area contributed by atoms with Crippen molar-refractivity contribution in [2.45, 2.75) is 13.5 Å². The van der Waals surface area contributed by atoms with E-state index in [2.05, 4.69) is 0 Å². The molecule has 1 rings (SSSR count). The van der Waals surface area contributed by atoms with Gasteiger partial charge in [-0.15, -0.1) is 0 Å². The third kappa shape index (κ3) is 2.26. The number of hydrogen-bond donors (Lipinski definition) is 1. The molecular weight excluding hydrogens is 170 g/mol. The van der Waals surface area contributed by atoms with E-state index in [-0.39, 0.29) is 10.6 Å². The van der Waals surface area contributed by atoms with Crippen LogP contribution in [-0.2, 0) is 11.3 Å². The zero-order valence-corrected chi connectivity index (χ0v) is 7.65. The van der Waals surface area contributed by atoms with Crippen molar-refractivity contribution >= 4 is 5.69 Å². The molecule has 0 amide bonds. The molecule has 0 aliphatic heterocycles. The van der Waals surface area contributed by atoms with Crippen LogP contribution in [0.2, 0.25) is 0 Å². The second kappa shape index (κ2) is 4.00. The van der Waals surface area contributed by atoms with Gasteiger partial charge in [0.1, 0.15) is 0 Å². The Morgan fingerprint density at radius 1 is 1.54 bits per heavy atom. The topological polar surface area (TPSA) is 49.5 Å². The second-order valence-electron chi connectivity index (χ2n) is 2.84. The van der Waals surface area contributed by atoms with Crippen molar-refractivity contribution in [3.05, 3.63) is 34.2 Å². The SMILES string of the molecule is COCc1ccc(C)cc1[N+](=O)O. The summed E-state index contributed by atoms with van der Waals surface area (Å²) in [4.78, 5) is 10.6. The first-order valence-corrected chi connectivity index (χ1v) is 3.89. The maximum atomic E-state index is 10.7. The summed E-state index contributed by atoms with van der Waals surface area (Å²) in [6, 6.07) is 5.23. The molecule has 1 N–H and O–H groups in total. The van der Waals surface area contributed by atoms with E-state index in [0.29, 0.717) is 12.2 Å². The predicted octanol–water partition coefficient (Wildman–Crippen LogP) is 1.94. The zero-order valence-electron chi connectivity index (χ0n) is 7.65. The highest BCUT2D eigenvalue weighted by Crippen LogP contribution is 2.19. The summed E-state index contributed by atoms with van der Waals surface area (Å²) in [6.45, 7) is 2.17. The fourth-order valence-electron chi connectivity index (χ4n) is 1.13. The molecule has 4 heteroatoms. The van der Waals surface area contributed by atoms with Crippen molar-refractivity contribution < 1.29 is 14.9 Å². The molecular formula is C9H12NO3+. The Hall–Kier alpha value is -1.42. The summed E-state index contributed by atoms with van der Waals surface area (Å²) in [5.41, 5.74) is 1.83. The lowest BCUT2D eigenvalue weighted by atomic mass is 10.1. The van der Waals surface area contributed by atoms with E-state index in [4.69, 9.17) is 9.94 Å². The normalized spacial score (nSPS) is 10.0. The van der Waals surface area contributed by atoms with Crippen LogP contribution < -0.4 is 0 Å². The Bertz CT molecular complexity index is 323. The van der Waals surface area contributed by atoms with Crippen molar-refractivity contribution in [1.29, 1.82) is 0 Å². The average molecular weight is 182 g/mol. The van der Waals surface area contributed by atoms with E-state index < -0.39 is 0 Å². The van der Waals surface area contributed by atoms with Crippen molar-refractivity contribution in [2.24, 2.45) is 0 Å². The van der Waals surface area contributed by atoms with E-state index in [1.165, 1.54) is 7.11 Å². The average Bonchev–Trinajstić information content (AvgIpc) is 2.08. The van der Waals surface area contributed by atoms with Gasteiger partial charge in [0, 0.05) is 13.2 Å². The number of aryl methyl sites for hydroxylation is 1. The molecule has 0 heterocycles. The van der Waals surface area contributed by atoms with Crippen LogP contribution in [0.1, 0.15) is 11.1 Å². The number of nitrogens with zero attached hydrogens (tertiary/aromatic N) is 1. The van der Waals surface area contributed by atoms with Gasteiger partial charge >= 0.3 is 5.69 Å². The lowest BCUT2D eigenvalue weighted by molar-refractivity contribution is -0.730. The third-order valence-electron chi connectivity index (χ3n) is 1.75. The summed E-state index contributed by atoms with van der Waals surface area (Å²) in [6.07, 6.45) is 0. The van der Waals surface area contributed by atoms with E-state index in [9.17, 15) is 4.91 Å². The smallest absolute Gasteiger partial charge is 0.322 e. The molecule has 0 aliphatic rings. The Balaban J connectivity index is 3.10. The van der Waals surface area contributed by atoms with Gasteiger partial charge in [-0.05, 0) is 18.6 Å². The molecule has 1 aromatic rings. The Morgan fingerprint density at radius 3 is 2.77 bits per heavy atom. The van der Waals surface area contributed by atoms with Gasteiger partial charge in [-0.25, -0.2) is 5.21 Å². The molecule has 13 heavy (non-hydrogen) atoms. The van der Waals surface area contributed by atoms with Crippen molar-refractivity contribution in [1.82, 2.24) is 0 Å². The summed E-state index contributed by atoms with van der Waals surface area (Å²) in [5.74, 6) is 0.